The molecule has 0 heterocycles. The van der Waals surface area contributed by atoms with Crippen molar-refractivity contribution in [2.45, 2.75) is 20.3 Å². The van der Waals surface area contributed by atoms with Crippen molar-refractivity contribution in [3.05, 3.63) is 54.1 Å². The van der Waals surface area contributed by atoms with Crippen LogP contribution in [0, 0.1) is 6.92 Å². The van der Waals surface area contributed by atoms with E-state index in [1.54, 1.807) is 0 Å². The lowest BCUT2D eigenvalue weighted by atomic mass is 10.2. The van der Waals surface area contributed by atoms with Gasteiger partial charge < -0.3 is 15.4 Å². The minimum atomic E-state index is 0.570. The maximum Gasteiger partial charge on any atom is 0.175 e. The van der Waals surface area contributed by atoms with Crippen LogP contribution in [0.2, 0.25) is 0 Å². The Morgan fingerprint density at radius 1 is 0.952 bits per heavy atom. The maximum absolute atomic E-state index is 5.55. The van der Waals surface area contributed by atoms with E-state index in [0.29, 0.717) is 5.11 Å². The molecule has 0 atom stereocenters. The molecule has 110 valence electrons. The minimum absolute atomic E-state index is 0.570. The van der Waals surface area contributed by atoms with Crippen LogP contribution in [0.1, 0.15) is 18.9 Å². The van der Waals surface area contributed by atoms with Crippen molar-refractivity contribution in [1.82, 2.24) is 0 Å². The van der Waals surface area contributed by atoms with Gasteiger partial charge in [0.2, 0.25) is 0 Å². The lowest BCUT2D eigenvalue weighted by Crippen LogP contribution is -2.18. The van der Waals surface area contributed by atoms with Gasteiger partial charge in [0.1, 0.15) is 5.75 Å². The first-order valence-corrected chi connectivity index (χ1v) is 7.46. The maximum atomic E-state index is 5.55. The van der Waals surface area contributed by atoms with Crippen LogP contribution < -0.4 is 15.4 Å². The fourth-order valence-corrected chi connectivity index (χ4v) is 2.02. The summed E-state index contributed by atoms with van der Waals surface area (Å²) in [4.78, 5) is 0. The molecule has 0 saturated carbocycles. The summed E-state index contributed by atoms with van der Waals surface area (Å²) in [5, 5.41) is 6.88. The van der Waals surface area contributed by atoms with Gasteiger partial charge in [-0.05, 0) is 62.0 Å². The summed E-state index contributed by atoms with van der Waals surface area (Å²) in [5.41, 5.74) is 3.13. The second kappa shape index (κ2) is 7.64. The first-order valence-electron chi connectivity index (χ1n) is 7.05. The summed E-state index contributed by atoms with van der Waals surface area (Å²) >= 11 is 5.30. The van der Waals surface area contributed by atoms with Gasteiger partial charge in [-0.25, -0.2) is 0 Å². The van der Waals surface area contributed by atoms with Gasteiger partial charge in [0.05, 0.1) is 6.61 Å². The number of ether oxygens (including phenoxy) is 1. The Morgan fingerprint density at radius 3 is 2.00 bits per heavy atom. The van der Waals surface area contributed by atoms with Crippen LogP contribution >= 0.6 is 12.2 Å². The molecule has 0 spiro atoms. The molecule has 0 fully saturated rings. The molecule has 21 heavy (non-hydrogen) atoms. The highest BCUT2D eigenvalue weighted by Gasteiger charge is 2.00. The fraction of sp³-hybridized carbons (Fsp3) is 0.235. The molecular weight excluding hydrogens is 280 g/mol. The molecule has 2 aromatic rings. The lowest BCUT2D eigenvalue weighted by molar-refractivity contribution is 0.317. The molecule has 0 aliphatic heterocycles. The van der Waals surface area contributed by atoms with Gasteiger partial charge in [-0.1, -0.05) is 24.6 Å². The Morgan fingerprint density at radius 2 is 1.48 bits per heavy atom. The number of nitrogens with one attached hydrogen (secondary N) is 2. The van der Waals surface area contributed by atoms with Crippen LogP contribution in [0.4, 0.5) is 11.4 Å². The molecule has 2 N–H and O–H groups in total. The highest BCUT2D eigenvalue weighted by atomic mass is 32.1. The zero-order valence-corrected chi connectivity index (χ0v) is 13.2. The van der Waals surface area contributed by atoms with E-state index in [9.17, 15) is 0 Å². The Bertz CT molecular complexity index is 579. The lowest BCUT2D eigenvalue weighted by Gasteiger charge is -2.11. The van der Waals surface area contributed by atoms with Gasteiger partial charge in [0.25, 0.3) is 0 Å². The van der Waals surface area contributed by atoms with Crippen LogP contribution in [-0.2, 0) is 0 Å². The van der Waals surface area contributed by atoms with E-state index in [1.165, 1.54) is 5.56 Å². The van der Waals surface area contributed by atoms with Crippen molar-refractivity contribution in [2.75, 3.05) is 17.2 Å². The molecule has 0 radical (unpaired) electrons. The van der Waals surface area contributed by atoms with Crippen molar-refractivity contribution in [3.63, 3.8) is 0 Å². The van der Waals surface area contributed by atoms with E-state index in [2.05, 4.69) is 24.5 Å². The Hall–Kier alpha value is -2.07. The van der Waals surface area contributed by atoms with Gasteiger partial charge >= 0.3 is 0 Å². The summed E-state index contributed by atoms with van der Waals surface area (Å²) in [6, 6.07) is 15.9. The molecule has 0 aliphatic carbocycles. The highest BCUT2D eigenvalue weighted by molar-refractivity contribution is 7.80. The second-order valence-electron chi connectivity index (χ2n) is 4.82. The number of thiocarbonyl (C=S) groups is 1. The Labute approximate surface area is 131 Å². The zero-order chi connectivity index (χ0) is 15.1. The molecule has 0 saturated heterocycles. The number of benzene rings is 2. The van der Waals surface area contributed by atoms with Crippen molar-refractivity contribution in [1.29, 1.82) is 0 Å². The molecule has 2 aromatic carbocycles. The van der Waals surface area contributed by atoms with Gasteiger partial charge in [-0.15, -0.1) is 0 Å². The van der Waals surface area contributed by atoms with E-state index in [1.807, 2.05) is 48.5 Å². The van der Waals surface area contributed by atoms with Gasteiger partial charge in [-0.3, -0.25) is 0 Å². The van der Waals surface area contributed by atoms with Crippen LogP contribution in [0.25, 0.3) is 0 Å². The molecule has 0 aliphatic rings. The largest absolute Gasteiger partial charge is 0.494 e. The van der Waals surface area contributed by atoms with Crippen molar-refractivity contribution in [2.24, 2.45) is 0 Å². The summed E-state index contributed by atoms with van der Waals surface area (Å²) in [6.07, 6.45) is 1.00. The Balaban J connectivity index is 1.88. The summed E-state index contributed by atoms with van der Waals surface area (Å²) in [7, 11) is 0. The van der Waals surface area contributed by atoms with Crippen LogP contribution in [0.5, 0.6) is 5.75 Å². The molecule has 0 amide bonds. The smallest absolute Gasteiger partial charge is 0.175 e. The van der Waals surface area contributed by atoms with Gasteiger partial charge in [-0.2, -0.15) is 0 Å². The zero-order valence-electron chi connectivity index (χ0n) is 12.3. The predicted octanol–water partition coefficient (Wildman–Crippen LogP) is 4.59. The first kappa shape index (κ1) is 15.3. The summed E-state index contributed by atoms with van der Waals surface area (Å²) < 4.78 is 5.55. The first-order chi connectivity index (χ1) is 10.2. The average molecular weight is 300 g/mol. The van der Waals surface area contributed by atoms with E-state index >= 15 is 0 Å². The number of anilines is 2. The third-order valence-corrected chi connectivity index (χ3v) is 3.10. The quantitative estimate of drug-likeness (QED) is 0.791. The minimum Gasteiger partial charge on any atom is -0.494 e. The monoisotopic (exact) mass is 300 g/mol. The molecule has 4 heteroatoms. The van der Waals surface area contributed by atoms with Crippen molar-refractivity contribution >= 4 is 28.7 Å². The number of aryl methyl sites for hydroxylation is 1. The fourth-order valence-electron chi connectivity index (χ4n) is 1.78. The number of hydrogen-bond donors (Lipinski definition) is 2. The molecule has 3 nitrogen and oxygen atoms in total. The van der Waals surface area contributed by atoms with E-state index < -0.39 is 0 Å². The molecular formula is C17H20N2OS. The van der Waals surface area contributed by atoms with Crippen LogP contribution in [0.15, 0.2) is 48.5 Å². The SMILES string of the molecule is CCCOc1ccc(NC(=S)Nc2ccc(C)cc2)cc1. The average Bonchev–Trinajstić information content (AvgIpc) is 2.49. The second-order valence-corrected chi connectivity index (χ2v) is 5.23. The molecule has 0 aromatic heterocycles. The van der Waals surface area contributed by atoms with E-state index in [0.717, 1.165) is 30.2 Å². The normalized spacial score (nSPS) is 10.0. The van der Waals surface area contributed by atoms with Gasteiger partial charge in [0.15, 0.2) is 5.11 Å². The van der Waals surface area contributed by atoms with Crippen molar-refractivity contribution in [3.8, 4) is 5.75 Å². The van der Waals surface area contributed by atoms with Crippen LogP contribution in [-0.4, -0.2) is 11.7 Å². The highest BCUT2D eigenvalue weighted by Crippen LogP contribution is 2.16. The molecule has 0 bridgehead atoms. The number of hydrogen-bond acceptors (Lipinski definition) is 2. The molecule has 0 unspecified atom stereocenters. The third-order valence-electron chi connectivity index (χ3n) is 2.89. The predicted molar refractivity (Wildman–Crippen MR) is 93.3 cm³/mol. The van der Waals surface area contributed by atoms with E-state index in [4.69, 9.17) is 17.0 Å². The molecule has 2 rings (SSSR count). The summed E-state index contributed by atoms with van der Waals surface area (Å²) in [6.45, 7) is 4.88. The van der Waals surface area contributed by atoms with Crippen molar-refractivity contribution < 1.29 is 4.74 Å². The van der Waals surface area contributed by atoms with Crippen LogP contribution in [0.3, 0.4) is 0 Å². The topological polar surface area (TPSA) is 33.3 Å². The number of rotatable bonds is 5. The Kier molecular flexibility index (Phi) is 5.58. The summed E-state index contributed by atoms with van der Waals surface area (Å²) in [5.74, 6) is 0.875. The third kappa shape index (κ3) is 5.08. The van der Waals surface area contributed by atoms with E-state index in [-0.39, 0.29) is 0 Å². The van der Waals surface area contributed by atoms with Gasteiger partial charge in [0, 0.05) is 11.4 Å². The standard InChI is InChI=1S/C17H20N2OS/c1-3-12-20-16-10-8-15(9-11-16)19-17(21)18-14-6-4-13(2)5-7-14/h4-11H,3,12H2,1-2H3,(H2,18,19,21).